The van der Waals surface area contributed by atoms with Gasteiger partial charge in [0, 0.05) is 24.2 Å². The van der Waals surface area contributed by atoms with E-state index >= 15 is 0 Å². The molecule has 6 unspecified atom stereocenters. The van der Waals surface area contributed by atoms with Gasteiger partial charge in [-0.2, -0.15) is 0 Å². The molecule has 1 aromatic heterocycles. The lowest BCUT2D eigenvalue weighted by atomic mass is 9.82. The van der Waals surface area contributed by atoms with Crippen LogP contribution in [0, 0.1) is 23.2 Å². The van der Waals surface area contributed by atoms with E-state index in [1.54, 1.807) is 0 Å². The summed E-state index contributed by atoms with van der Waals surface area (Å²) < 4.78 is -0.174. The smallest absolute Gasteiger partial charge is 0.363 e. The molecule has 0 bridgehead atoms. The van der Waals surface area contributed by atoms with Crippen molar-refractivity contribution < 1.29 is 28.8 Å². The van der Waals surface area contributed by atoms with E-state index in [2.05, 4.69) is 20.6 Å². The lowest BCUT2D eigenvalue weighted by molar-refractivity contribution is -0.855. The van der Waals surface area contributed by atoms with Crippen molar-refractivity contribution >= 4 is 24.2 Å². The van der Waals surface area contributed by atoms with Gasteiger partial charge in [0.1, 0.15) is 18.3 Å². The Kier molecular flexibility index (Phi) is 8.49. The zero-order chi connectivity index (χ0) is 27.5. The van der Waals surface area contributed by atoms with Crippen molar-refractivity contribution in [3.05, 3.63) is 24.3 Å². The topological polar surface area (TPSA) is 138 Å². The first-order chi connectivity index (χ1) is 18.1. The molecule has 3 aliphatic rings. The number of fused-ring (bicyclic) bond motifs is 1. The number of aliphatic carboxylic acids is 1. The van der Waals surface area contributed by atoms with Crippen molar-refractivity contribution in [1.29, 1.82) is 0 Å². The molecule has 10 heteroatoms. The summed E-state index contributed by atoms with van der Waals surface area (Å²) in [6.45, 7) is 6.65. The molecule has 1 aliphatic heterocycles. The zero-order valence-electron chi connectivity index (χ0n) is 22.8. The summed E-state index contributed by atoms with van der Waals surface area (Å²) >= 11 is 0. The molecule has 1 saturated heterocycles. The molecule has 3 amide bonds. The summed E-state index contributed by atoms with van der Waals surface area (Å²) in [7, 11) is 0. The number of rotatable bonds is 9. The molecule has 6 atom stereocenters. The Balaban J connectivity index is 1.58. The molecule has 208 valence electrons. The van der Waals surface area contributed by atoms with E-state index in [0.717, 1.165) is 57.8 Å². The number of hydrogen-bond donors (Lipinski definition) is 3. The van der Waals surface area contributed by atoms with Gasteiger partial charge in [-0.1, -0.05) is 46.5 Å². The highest BCUT2D eigenvalue weighted by atomic mass is 16.4. The Labute approximate surface area is 224 Å². The third-order valence-corrected chi connectivity index (χ3v) is 9.09. The highest BCUT2D eigenvalue weighted by Gasteiger charge is 2.60. The fraction of sp³-hybridized carbons (Fsp3) is 0.714. The Hall–Kier alpha value is -2.88. The SMILES string of the molecule is CC(C)(C)C(C[N+]1(C=O)CC2CCCC2C1C(=O)O)NC(=O)C(NC(=O)c1cnccn1)C1CCCCC1. The van der Waals surface area contributed by atoms with E-state index < -0.39 is 35.4 Å². The number of carbonyl (C=O) groups excluding carboxylic acids is 3. The van der Waals surface area contributed by atoms with Crippen molar-refractivity contribution in [2.24, 2.45) is 23.2 Å². The first kappa shape index (κ1) is 28.1. The Morgan fingerprint density at radius 1 is 1.08 bits per heavy atom. The van der Waals surface area contributed by atoms with Crippen molar-refractivity contribution in [3.8, 4) is 0 Å². The van der Waals surface area contributed by atoms with E-state index in [0.29, 0.717) is 6.54 Å². The standard InChI is InChI=1S/C28H41N5O5/c1-28(2,3)22(16-33(17-34)15-19-10-7-11-20(19)24(33)27(37)38)31-26(36)23(18-8-5-4-6-9-18)32-25(35)21-14-29-12-13-30-21/h12-14,17-20,22-24H,4-11,15-16H2,1-3H3,(H2-,31,32,35,36,37,38)/p+1. The number of likely N-dealkylation sites (tertiary alicyclic amines) is 1. The van der Waals surface area contributed by atoms with Gasteiger partial charge < -0.3 is 15.7 Å². The maximum absolute atomic E-state index is 13.9. The first-order valence-corrected chi connectivity index (χ1v) is 14.0. The summed E-state index contributed by atoms with van der Waals surface area (Å²) in [5.74, 6) is -1.52. The predicted octanol–water partition coefficient (Wildman–Crippen LogP) is 2.54. The molecule has 3 fully saturated rings. The van der Waals surface area contributed by atoms with Gasteiger partial charge in [0.05, 0.1) is 18.8 Å². The Bertz CT molecular complexity index is 1020. The van der Waals surface area contributed by atoms with E-state index in [-0.39, 0.29) is 40.4 Å². The summed E-state index contributed by atoms with van der Waals surface area (Å²) in [6, 6.07) is -2.03. The van der Waals surface area contributed by atoms with E-state index in [4.69, 9.17) is 0 Å². The normalized spacial score (nSPS) is 29.2. The van der Waals surface area contributed by atoms with Crippen molar-refractivity contribution in [2.75, 3.05) is 13.1 Å². The third-order valence-electron chi connectivity index (χ3n) is 9.09. The number of nitrogens with zero attached hydrogens (tertiary/aromatic N) is 3. The van der Waals surface area contributed by atoms with Gasteiger partial charge >= 0.3 is 12.4 Å². The summed E-state index contributed by atoms with van der Waals surface area (Å²) in [5.41, 5.74) is -0.302. The number of quaternary nitrogens is 1. The van der Waals surface area contributed by atoms with E-state index in [9.17, 15) is 24.3 Å². The predicted molar refractivity (Wildman–Crippen MR) is 140 cm³/mol. The lowest BCUT2D eigenvalue weighted by Gasteiger charge is -2.41. The van der Waals surface area contributed by atoms with Gasteiger partial charge in [-0.15, -0.1) is 0 Å². The van der Waals surface area contributed by atoms with Gasteiger partial charge in [-0.25, -0.2) is 19.1 Å². The number of carboxylic acids is 1. The van der Waals surface area contributed by atoms with Gasteiger partial charge in [0.2, 0.25) is 5.91 Å². The summed E-state index contributed by atoms with van der Waals surface area (Å²) in [5, 5.41) is 16.2. The molecule has 0 aromatic carbocycles. The van der Waals surface area contributed by atoms with Crippen LogP contribution in [0.1, 0.15) is 82.6 Å². The number of carboxylic acid groups (broad SMARTS) is 1. The maximum Gasteiger partial charge on any atom is 0.363 e. The first-order valence-electron chi connectivity index (χ1n) is 14.0. The van der Waals surface area contributed by atoms with Crippen LogP contribution in [-0.2, 0) is 14.4 Å². The highest BCUT2D eigenvalue weighted by Crippen LogP contribution is 2.46. The zero-order valence-corrected chi connectivity index (χ0v) is 22.8. The van der Waals surface area contributed by atoms with Gasteiger partial charge in [-0.3, -0.25) is 14.6 Å². The highest BCUT2D eigenvalue weighted by molar-refractivity contribution is 5.96. The Morgan fingerprint density at radius 3 is 2.42 bits per heavy atom. The minimum absolute atomic E-state index is 0.0166. The monoisotopic (exact) mass is 528 g/mol. The molecular weight excluding hydrogens is 486 g/mol. The second kappa shape index (κ2) is 11.5. The number of amides is 3. The van der Waals surface area contributed by atoms with Crippen molar-refractivity contribution in [2.45, 2.75) is 90.3 Å². The minimum atomic E-state index is -0.943. The van der Waals surface area contributed by atoms with Crippen LogP contribution in [0.2, 0.25) is 0 Å². The molecule has 10 nitrogen and oxygen atoms in total. The largest absolute Gasteiger partial charge is 0.477 e. The molecule has 38 heavy (non-hydrogen) atoms. The fourth-order valence-electron chi connectivity index (χ4n) is 7.02. The lowest BCUT2D eigenvalue weighted by Crippen LogP contribution is -2.65. The van der Waals surface area contributed by atoms with Crippen LogP contribution in [0.15, 0.2) is 18.6 Å². The molecule has 2 saturated carbocycles. The van der Waals surface area contributed by atoms with E-state index in [1.165, 1.54) is 18.6 Å². The van der Waals surface area contributed by atoms with Crippen LogP contribution < -0.4 is 10.6 Å². The quantitative estimate of drug-likeness (QED) is 0.331. The maximum atomic E-state index is 13.9. The van der Waals surface area contributed by atoms with Crippen LogP contribution in [-0.4, -0.2) is 75.0 Å². The third kappa shape index (κ3) is 5.90. The molecule has 0 radical (unpaired) electrons. The number of nitrogens with one attached hydrogen (secondary N) is 2. The molecule has 2 aliphatic carbocycles. The van der Waals surface area contributed by atoms with Crippen molar-refractivity contribution in [1.82, 2.24) is 20.6 Å². The number of aromatic nitrogens is 2. The van der Waals surface area contributed by atoms with Crippen molar-refractivity contribution in [3.63, 3.8) is 0 Å². The average molecular weight is 529 g/mol. The second-order valence-electron chi connectivity index (χ2n) is 12.6. The van der Waals surface area contributed by atoms with E-state index in [1.807, 2.05) is 20.8 Å². The van der Waals surface area contributed by atoms with Crippen LogP contribution in [0.4, 0.5) is 0 Å². The number of carbonyl (C=O) groups is 4. The molecule has 1 aromatic rings. The summed E-state index contributed by atoms with van der Waals surface area (Å²) in [4.78, 5) is 59.9. The van der Waals surface area contributed by atoms with Gasteiger partial charge in [0.25, 0.3) is 5.91 Å². The molecule has 2 heterocycles. The fourth-order valence-corrected chi connectivity index (χ4v) is 7.02. The van der Waals surface area contributed by atoms with Gasteiger partial charge in [-0.05, 0) is 37.0 Å². The number of hydrogen-bond acceptors (Lipinski definition) is 6. The molecule has 4 rings (SSSR count). The average Bonchev–Trinajstić information content (AvgIpc) is 3.45. The van der Waals surface area contributed by atoms with Crippen LogP contribution in [0.25, 0.3) is 0 Å². The summed E-state index contributed by atoms with van der Waals surface area (Å²) in [6.07, 6.45) is 12.6. The molecular formula is C28H42N5O5+. The molecule has 0 spiro atoms. The van der Waals surface area contributed by atoms with Crippen LogP contribution >= 0.6 is 0 Å². The minimum Gasteiger partial charge on any atom is -0.477 e. The second-order valence-corrected chi connectivity index (χ2v) is 12.6. The van der Waals surface area contributed by atoms with Crippen LogP contribution in [0.3, 0.4) is 0 Å². The van der Waals surface area contributed by atoms with Crippen LogP contribution in [0.5, 0.6) is 0 Å². The Morgan fingerprint density at radius 2 is 1.82 bits per heavy atom. The molecule has 3 N–H and O–H groups in total. The van der Waals surface area contributed by atoms with Gasteiger partial charge in [0.15, 0.2) is 6.04 Å².